The van der Waals surface area contributed by atoms with Crippen molar-refractivity contribution in [1.29, 1.82) is 0 Å². The molecule has 0 saturated heterocycles. The lowest BCUT2D eigenvalue weighted by molar-refractivity contribution is 0.178. The van der Waals surface area contributed by atoms with Crippen molar-refractivity contribution in [1.82, 2.24) is 0 Å². The maximum Gasteiger partial charge on any atom is 0.0845 e. The van der Waals surface area contributed by atoms with E-state index in [4.69, 9.17) is 46.4 Å². The van der Waals surface area contributed by atoms with Crippen LogP contribution in [0.2, 0.25) is 20.1 Å². The number of benzene rings is 2. The molecule has 0 aliphatic rings. The molecule has 1 N–H and O–H groups in total. The first-order chi connectivity index (χ1) is 8.97. The van der Waals surface area contributed by atoms with Gasteiger partial charge in [0.15, 0.2) is 0 Å². The molecule has 1 nitrogen and oxygen atoms in total. The minimum Gasteiger partial charge on any atom is -0.388 e. The van der Waals surface area contributed by atoms with Crippen molar-refractivity contribution in [3.05, 3.63) is 67.6 Å². The lowest BCUT2D eigenvalue weighted by atomic mass is 10.0. The fourth-order valence-electron chi connectivity index (χ4n) is 1.78. The summed E-state index contributed by atoms with van der Waals surface area (Å²) in [6.45, 7) is 0. The second-order valence-electron chi connectivity index (χ2n) is 4.12. The number of hydrogen-bond acceptors (Lipinski definition) is 1. The summed E-state index contributed by atoms with van der Waals surface area (Å²) in [5, 5.41) is 12.3. The van der Waals surface area contributed by atoms with Gasteiger partial charge in [-0.3, -0.25) is 0 Å². The third-order valence-corrected chi connectivity index (χ3v) is 3.90. The van der Waals surface area contributed by atoms with Crippen LogP contribution in [0.25, 0.3) is 0 Å². The average molecular weight is 336 g/mol. The van der Waals surface area contributed by atoms with E-state index in [-0.39, 0.29) is 0 Å². The van der Waals surface area contributed by atoms with Crippen LogP contribution in [0.3, 0.4) is 0 Å². The number of aliphatic hydroxyl groups is 1. The highest BCUT2D eigenvalue weighted by Crippen LogP contribution is 2.30. The van der Waals surface area contributed by atoms with Crippen molar-refractivity contribution >= 4 is 46.4 Å². The smallest absolute Gasteiger partial charge is 0.0845 e. The van der Waals surface area contributed by atoms with Crippen LogP contribution in [0.1, 0.15) is 17.2 Å². The zero-order valence-electron chi connectivity index (χ0n) is 9.71. The van der Waals surface area contributed by atoms with E-state index in [9.17, 15) is 5.11 Å². The highest BCUT2D eigenvalue weighted by Gasteiger charge is 2.14. The third kappa shape index (κ3) is 3.77. The molecule has 0 radical (unpaired) electrons. The van der Waals surface area contributed by atoms with Crippen molar-refractivity contribution in [2.24, 2.45) is 0 Å². The van der Waals surface area contributed by atoms with Gasteiger partial charge in [0.05, 0.1) is 6.10 Å². The Bertz CT molecular complexity index is 598. The Morgan fingerprint density at radius 3 is 2.00 bits per heavy atom. The van der Waals surface area contributed by atoms with Gasteiger partial charge in [0.25, 0.3) is 0 Å². The number of aliphatic hydroxyl groups excluding tert-OH is 1. The summed E-state index contributed by atoms with van der Waals surface area (Å²) in [4.78, 5) is 0. The molecule has 100 valence electrons. The molecule has 0 fully saturated rings. The highest BCUT2D eigenvalue weighted by molar-refractivity contribution is 6.35. The van der Waals surface area contributed by atoms with Crippen LogP contribution in [0.5, 0.6) is 0 Å². The minimum atomic E-state index is -0.747. The molecule has 0 bridgehead atoms. The molecule has 0 saturated carbocycles. The number of rotatable bonds is 3. The number of halogens is 4. The fraction of sp³-hybridized carbons (Fsp3) is 0.143. The first-order valence-corrected chi connectivity index (χ1v) is 7.05. The van der Waals surface area contributed by atoms with Crippen molar-refractivity contribution in [2.45, 2.75) is 12.5 Å². The van der Waals surface area contributed by atoms with Crippen LogP contribution < -0.4 is 0 Å². The zero-order chi connectivity index (χ0) is 14.0. The topological polar surface area (TPSA) is 20.2 Å². The molecule has 19 heavy (non-hydrogen) atoms. The summed E-state index contributed by atoms with van der Waals surface area (Å²) in [6.07, 6.45) is -0.388. The van der Waals surface area contributed by atoms with E-state index in [0.29, 0.717) is 32.1 Å². The second kappa shape index (κ2) is 6.34. The van der Waals surface area contributed by atoms with Gasteiger partial charge in [-0.25, -0.2) is 0 Å². The van der Waals surface area contributed by atoms with E-state index in [0.717, 1.165) is 5.56 Å². The first-order valence-electron chi connectivity index (χ1n) is 5.54. The third-order valence-electron chi connectivity index (χ3n) is 2.75. The van der Waals surface area contributed by atoms with Crippen LogP contribution in [0.4, 0.5) is 0 Å². The molecule has 0 aliphatic carbocycles. The number of hydrogen-bond donors (Lipinski definition) is 1. The Labute approximate surface area is 131 Å². The van der Waals surface area contributed by atoms with Crippen LogP contribution in [-0.4, -0.2) is 5.11 Å². The second-order valence-corrected chi connectivity index (χ2v) is 5.81. The summed E-state index contributed by atoms with van der Waals surface area (Å²) in [5.41, 5.74) is 1.43. The Morgan fingerprint density at radius 1 is 0.842 bits per heavy atom. The van der Waals surface area contributed by atoms with Crippen molar-refractivity contribution < 1.29 is 5.11 Å². The maximum absolute atomic E-state index is 10.2. The Morgan fingerprint density at radius 2 is 1.42 bits per heavy atom. The summed E-state index contributed by atoms with van der Waals surface area (Å²) < 4.78 is 0. The van der Waals surface area contributed by atoms with Gasteiger partial charge in [0.2, 0.25) is 0 Å². The summed E-state index contributed by atoms with van der Waals surface area (Å²) in [6, 6.07) is 10.2. The van der Waals surface area contributed by atoms with Gasteiger partial charge in [-0.05, 0) is 35.4 Å². The van der Waals surface area contributed by atoms with E-state index >= 15 is 0 Å². The lowest BCUT2D eigenvalue weighted by Crippen LogP contribution is -2.03. The van der Waals surface area contributed by atoms with Gasteiger partial charge in [-0.15, -0.1) is 0 Å². The molecule has 2 aromatic rings. The van der Waals surface area contributed by atoms with Crippen LogP contribution in [-0.2, 0) is 6.42 Å². The minimum absolute atomic E-state index is 0.358. The van der Waals surface area contributed by atoms with Gasteiger partial charge >= 0.3 is 0 Å². The zero-order valence-corrected chi connectivity index (χ0v) is 12.7. The fourth-order valence-corrected chi connectivity index (χ4v) is 2.80. The molecule has 0 aromatic heterocycles. The molecular weight excluding hydrogens is 326 g/mol. The maximum atomic E-state index is 10.2. The Hall–Kier alpha value is -0.440. The molecule has 2 aromatic carbocycles. The molecule has 5 heteroatoms. The molecule has 0 heterocycles. The van der Waals surface area contributed by atoms with Crippen molar-refractivity contribution in [3.8, 4) is 0 Å². The quantitative estimate of drug-likeness (QED) is 0.776. The van der Waals surface area contributed by atoms with E-state index in [2.05, 4.69) is 0 Å². The van der Waals surface area contributed by atoms with E-state index < -0.39 is 6.10 Å². The van der Waals surface area contributed by atoms with E-state index in [1.54, 1.807) is 36.4 Å². The van der Waals surface area contributed by atoms with Gasteiger partial charge in [-0.1, -0.05) is 58.5 Å². The van der Waals surface area contributed by atoms with Gasteiger partial charge in [-0.2, -0.15) is 0 Å². The predicted octanol–water partition coefficient (Wildman–Crippen LogP) is 5.58. The molecule has 2 rings (SSSR count). The molecular formula is C14H10Cl4O. The Kier molecular flexibility index (Phi) is 4.99. The molecule has 1 unspecified atom stereocenters. The Balaban J connectivity index is 2.23. The molecule has 0 aliphatic heterocycles. The summed E-state index contributed by atoms with van der Waals surface area (Å²) >= 11 is 23.8. The first kappa shape index (κ1) is 15.0. The van der Waals surface area contributed by atoms with Crippen LogP contribution in [0, 0.1) is 0 Å². The van der Waals surface area contributed by atoms with Crippen LogP contribution in [0.15, 0.2) is 36.4 Å². The lowest BCUT2D eigenvalue weighted by Gasteiger charge is -2.14. The SMILES string of the molecule is OC(Cc1ccc(Cl)cc1Cl)c1ccc(Cl)cc1Cl. The molecule has 0 amide bonds. The van der Waals surface area contributed by atoms with Crippen LogP contribution >= 0.6 is 46.4 Å². The standard InChI is InChI=1S/C14H10Cl4O/c15-9-2-1-8(12(17)6-9)5-14(19)11-4-3-10(16)7-13(11)18/h1-4,6-7,14,19H,5H2. The molecule has 0 spiro atoms. The normalized spacial score (nSPS) is 12.5. The van der Waals surface area contributed by atoms with E-state index in [1.165, 1.54) is 0 Å². The summed E-state index contributed by atoms with van der Waals surface area (Å²) in [5.74, 6) is 0. The highest BCUT2D eigenvalue weighted by atomic mass is 35.5. The van der Waals surface area contributed by atoms with Gasteiger partial charge in [0, 0.05) is 26.5 Å². The molecule has 1 atom stereocenters. The average Bonchev–Trinajstić information content (AvgIpc) is 2.32. The van der Waals surface area contributed by atoms with Gasteiger partial charge in [0.1, 0.15) is 0 Å². The van der Waals surface area contributed by atoms with Gasteiger partial charge < -0.3 is 5.11 Å². The summed E-state index contributed by atoms with van der Waals surface area (Å²) in [7, 11) is 0. The predicted molar refractivity (Wildman–Crippen MR) is 81.6 cm³/mol. The largest absolute Gasteiger partial charge is 0.388 e. The van der Waals surface area contributed by atoms with Crippen molar-refractivity contribution in [2.75, 3.05) is 0 Å². The van der Waals surface area contributed by atoms with E-state index in [1.807, 2.05) is 0 Å². The van der Waals surface area contributed by atoms with Crippen molar-refractivity contribution in [3.63, 3.8) is 0 Å². The monoisotopic (exact) mass is 334 g/mol.